The van der Waals surface area contributed by atoms with Crippen LogP contribution in [-0.2, 0) is 89.4 Å². The van der Waals surface area contributed by atoms with Gasteiger partial charge >= 0.3 is 0 Å². The van der Waals surface area contributed by atoms with E-state index in [0.717, 1.165) is 22.3 Å². The number of rotatable bonds is 18. The van der Waals surface area contributed by atoms with Crippen molar-refractivity contribution in [2.45, 2.75) is 355 Å². The second-order valence-electron chi connectivity index (χ2n) is 42.3. The van der Waals surface area contributed by atoms with Crippen LogP contribution < -0.4 is 0 Å². The summed E-state index contributed by atoms with van der Waals surface area (Å²) in [6.07, 6.45) is -14.6. The molecule has 37 heteroatoms. The Balaban J connectivity index is 0.000000256. The second-order valence-corrected chi connectivity index (χ2v) is 46.3. The van der Waals surface area contributed by atoms with Crippen LogP contribution in [0.15, 0.2) is 121 Å². The first-order chi connectivity index (χ1) is 69.5. The quantitative estimate of drug-likeness (QED) is 0.0160. The van der Waals surface area contributed by atoms with E-state index in [2.05, 4.69) is 99.5 Å². The normalized spacial score (nSPS) is 34.8. The lowest BCUT2D eigenvalue weighted by atomic mass is 9.80. The molecule has 0 radical (unpaired) electrons. The molecule has 4 aromatic carbocycles. The second kappa shape index (κ2) is 58.2. The molecular weight excluding hydrogens is 1910 g/mol. The Hall–Kier alpha value is -4.55. The summed E-state index contributed by atoms with van der Waals surface area (Å²) in [6.45, 7) is 47.1. The Morgan fingerprint density at radius 2 is 0.796 bits per heavy atom. The molecule has 0 aromatic heterocycles. The van der Waals surface area contributed by atoms with Crippen molar-refractivity contribution in [1.29, 1.82) is 13.4 Å². The number of fused-ring (bicyclic) bond motifs is 6. The Kier molecular flexibility index (Phi) is 47.6. The van der Waals surface area contributed by atoms with Crippen LogP contribution in [-0.4, -0.2) is 325 Å². The first-order valence-corrected chi connectivity index (χ1v) is 52.6. The number of nitrogens with zero attached hydrogens (tertiary/aromatic N) is 4. The fourth-order valence-corrected chi connectivity index (χ4v) is 22.9. The number of hydrogen-bond donors (Lipinski definition) is 7. The third-order valence-corrected chi connectivity index (χ3v) is 31.4. The van der Waals surface area contributed by atoms with Crippen molar-refractivity contribution in [2.75, 3.05) is 119 Å². The van der Waals surface area contributed by atoms with Crippen molar-refractivity contribution in [3.8, 4) is 12.1 Å². The maximum absolute atomic E-state index is 14.5. The van der Waals surface area contributed by atoms with E-state index in [4.69, 9.17) is 109 Å². The van der Waals surface area contributed by atoms with Crippen molar-refractivity contribution in [3.05, 3.63) is 144 Å². The van der Waals surface area contributed by atoms with Crippen LogP contribution in [0.1, 0.15) is 225 Å². The van der Waals surface area contributed by atoms with Gasteiger partial charge in [0.1, 0.15) is 110 Å². The molecule has 30 nitrogen and oxygen atoms in total. The van der Waals surface area contributed by atoms with Crippen LogP contribution in [0.3, 0.4) is 0 Å². The maximum Gasteiger partial charge on any atom is 0.218 e. The average Bonchev–Trinajstić information content (AvgIpc) is 1.56. The zero-order valence-electron chi connectivity index (χ0n) is 93.5. The zero-order chi connectivity index (χ0) is 111. The van der Waals surface area contributed by atoms with Crippen LogP contribution in [0.2, 0.25) is 0 Å². The first-order valence-electron chi connectivity index (χ1n) is 52.1. The first kappa shape index (κ1) is 116. The molecule has 4 aromatic rings. The van der Waals surface area contributed by atoms with Gasteiger partial charge in [-0.1, -0.05) is 204 Å². The highest BCUT2D eigenvalue weighted by Gasteiger charge is 2.64. The van der Waals surface area contributed by atoms with E-state index in [1.54, 1.807) is 48.2 Å². The van der Waals surface area contributed by atoms with Crippen LogP contribution in [0, 0.1) is 55.2 Å². The van der Waals surface area contributed by atoms with Gasteiger partial charge in [-0.3, -0.25) is 4.57 Å². The molecule has 0 saturated carbocycles. The number of ether oxygens (including phenoxy) is 16. The predicted octanol–water partition coefficient (Wildman–Crippen LogP) is 17.0. The minimum atomic E-state index is -2.74. The Morgan fingerprint density at radius 3 is 1.17 bits per heavy atom. The molecule has 12 aliphatic rings. The van der Waals surface area contributed by atoms with E-state index in [9.17, 15) is 42.6 Å². The van der Waals surface area contributed by atoms with Crippen molar-refractivity contribution in [3.63, 3.8) is 0 Å². The van der Waals surface area contributed by atoms with Gasteiger partial charge in [-0.15, -0.1) is 11.6 Å². The number of nitriles is 2. The standard InChI is InChI=1S/C15H19FO3.C15H32N3OP.2C15H20O4.C14H16O4.C12H21FNO3P.C8H15FO3.C8H15FO2.CH3Cl.2CH4O/c1-15(2)9-18-11-8-17-14(19-12(11)13(15)16)10-6-4-3-5-7-10;1-12(2)17(13(3)4)20(19,11-9-10-16)18(14(5)6)15(7)8;2*1-15(2)9-18-11-8-17-14(19-12(11)13(15)16)10-6-4-3-5-7-10;1-14-8-16-10-7-15-13(9-5-3-2-4-6-9)17-11(10)12(14)18-14;1-9-10(11(13)12(2,3)8-15-9)17-18(4)16-7-5-6-14;1-8(2)4-12-5(3-10)6(11)7(8)9;1-5-6(10)7(9)8(2,3)4-11-5;3*1-2/h3-7,11-14H,8-9H2,1-2H3;12-15H,9,11H2,1-8H3;2*3-7,11-14,16H,8-9H2,1-2H3;2-6,10-13H,7-8H2,1H3;9-11H,5,7-8H2,1-4H3;5-7,10-11H,3-4H2,1-2H3;5-7,10H,4H2,1-3H3;1H3;2*2H,1H3/t11-,12?,13-,14-;;11-,12?,13+,14-;11-,12?,13-,14-;10-,11?,12-,13-,14+;9-,10?,11-,18?;2*5-,6?,7-;;;/m1.111111.../s1/i;;;;;1D;;1D;1TD;2*2T. The summed E-state index contributed by atoms with van der Waals surface area (Å²) in [5, 5.41) is 72.6. The number of epoxide rings is 1. The van der Waals surface area contributed by atoms with Gasteiger partial charge in [-0.25, -0.2) is 26.9 Å². The highest BCUT2D eigenvalue weighted by Crippen LogP contribution is 2.58. The molecule has 12 heterocycles. The molecule has 12 aliphatic heterocycles. The summed E-state index contributed by atoms with van der Waals surface area (Å²) in [7, 11) is -1.42. The molecule has 0 amide bonds. The maximum atomic E-state index is 14.5. The van der Waals surface area contributed by atoms with Crippen molar-refractivity contribution in [1.82, 2.24) is 9.34 Å². The molecule has 12 fully saturated rings. The number of aliphatic hydroxyl groups excluding tert-OH is 7. The molecular formula is C105H169ClF4N4O26P2. The number of hydrogen-bond acceptors (Lipinski definition) is 28. The van der Waals surface area contributed by atoms with E-state index >= 15 is 0 Å². The van der Waals surface area contributed by atoms with Gasteiger partial charge in [0, 0.05) is 124 Å². The van der Waals surface area contributed by atoms with E-state index in [-0.39, 0.29) is 149 Å². The highest BCUT2D eigenvalue weighted by atomic mass is 35.5. The lowest BCUT2D eigenvalue weighted by Gasteiger charge is -2.48. The molecule has 0 bridgehead atoms. The summed E-state index contributed by atoms with van der Waals surface area (Å²) in [5.74, 6) is 0. The smallest absolute Gasteiger partial charge is 0.218 e. The summed E-state index contributed by atoms with van der Waals surface area (Å²) >= 11 is 4.61. The van der Waals surface area contributed by atoms with Gasteiger partial charge in [0.05, 0.1) is 129 Å². The minimum Gasteiger partial charge on any atom is -0.400 e. The Bertz CT molecular complexity index is 4230. The number of aliphatic hydroxyl groups is 7. The average molecular weight is 2090 g/mol. The Labute approximate surface area is 857 Å². The third-order valence-electron chi connectivity index (χ3n) is 26.2. The van der Waals surface area contributed by atoms with Crippen LogP contribution in [0.5, 0.6) is 0 Å². The van der Waals surface area contributed by atoms with Gasteiger partial charge in [-0.05, 0) is 76.1 Å². The molecule has 9 unspecified atom stereocenters. The van der Waals surface area contributed by atoms with E-state index in [0.29, 0.717) is 65.4 Å². The molecule has 16 rings (SSSR count). The number of alkyl halides is 5. The fraction of sp³-hybridized carbons (Fsp3) is 0.752. The van der Waals surface area contributed by atoms with E-state index in [1.807, 2.05) is 169 Å². The van der Waals surface area contributed by atoms with Gasteiger partial charge in [-0.2, -0.15) is 10.5 Å². The van der Waals surface area contributed by atoms with Gasteiger partial charge in [0.15, 0.2) is 33.5 Å². The molecule has 7 N–H and O–H groups in total. The van der Waals surface area contributed by atoms with Gasteiger partial charge in [0.2, 0.25) is 10.3 Å². The van der Waals surface area contributed by atoms with Crippen molar-refractivity contribution >= 4 is 27.4 Å². The van der Waals surface area contributed by atoms with Gasteiger partial charge in [0.25, 0.3) is 0 Å². The summed E-state index contributed by atoms with van der Waals surface area (Å²) in [4.78, 5) is 0. The molecule has 0 aliphatic carbocycles. The van der Waals surface area contributed by atoms with Crippen LogP contribution in [0.4, 0.5) is 17.6 Å². The predicted molar refractivity (Wildman–Crippen MR) is 535 cm³/mol. The van der Waals surface area contributed by atoms with Crippen LogP contribution in [0.25, 0.3) is 0 Å². The van der Waals surface area contributed by atoms with E-state index < -0.39 is 142 Å². The highest BCUT2D eigenvalue weighted by molar-refractivity contribution is 7.59. The monoisotopic (exact) mass is 2080 g/mol. The molecule has 28 atom stereocenters. The third kappa shape index (κ3) is 34.5. The summed E-state index contributed by atoms with van der Waals surface area (Å²) in [5.41, 5.74) is 0.738. The SMILES string of the molecule is CC(C)N(C(C)C)P(=O)(CCC#N)N(C(C)C)C(C)C.CC1(C)CO[C@@H]2CO[C@@H](c3ccccc3)OC2[C@@H]1O.CC1(C)CO[C@@H]2CO[C@@H](c3ccccc3)OC2[C@H]1F.CC1(C)CO[C@@H]2CO[C@@H](c3ccccc3)OC2[C@H]1O.CC1(C)CO[C@H](CO)C(O)[C@H]1F.C[C@]12CO[C@@H]3CO[C@@H](c4ccccc4)OC3[C@H]1O2.[2H]C([3H])Cl.[2H]C[C@H]1OCC(C)(C)[C@H](F)C1O.[2H]C[C@H]1OCC(C)(C)[C@H](F)C1OP(C)OCCC#N.[3H]OC.[3H]OC. The minimum absolute atomic E-state index is 0.00513. The van der Waals surface area contributed by atoms with Crippen molar-refractivity contribution < 1.29 is 148 Å². The largest absolute Gasteiger partial charge is 0.400 e. The van der Waals surface area contributed by atoms with E-state index in [1.165, 1.54) is 14.2 Å². The molecule has 0 spiro atoms. The van der Waals surface area contributed by atoms with Crippen molar-refractivity contribution in [2.24, 2.45) is 32.5 Å². The summed E-state index contributed by atoms with van der Waals surface area (Å²) in [6, 6.07) is 44.1. The number of benzene rings is 4. The zero-order valence-corrected chi connectivity index (χ0v) is 90.0. The van der Waals surface area contributed by atoms with Gasteiger partial charge < -0.3 is 121 Å². The molecule has 12 saturated heterocycles. The Morgan fingerprint density at radius 1 is 0.479 bits per heavy atom. The number of halogens is 5. The summed E-state index contributed by atoms with van der Waals surface area (Å²) < 4.78 is 213. The topological polar surface area (TPSA) is 382 Å². The fourth-order valence-electron chi connectivity index (χ4n) is 17.9. The van der Waals surface area contributed by atoms with Crippen LogP contribution >= 0.6 is 27.4 Å². The molecule has 810 valence electrons. The molecule has 142 heavy (non-hydrogen) atoms. The lowest BCUT2D eigenvalue weighted by Crippen LogP contribution is -2.59. The lowest BCUT2D eigenvalue weighted by molar-refractivity contribution is -0.318.